The van der Waals surface area contributed by atoms with Gasteiger partial charge in [-0.15, -0.1) is 0 Å². The summed E-state index contributed by atoms with van der Waals surface area (Å²) >= 11 is 0. The Morgan fingerprint density at radius 1 is 1.45 bits per heavy atom. The SMILES string of the molecule is CC(O)CCN(C)c1ccc([N+](=O)[O-])c2cccnc12. The summed E-state index contributed by atoms with van der Waals surface area (Å²) in [5.74, 6) is 0. The lowest BCUT2D eigenvalue weighted by Gasteiger charge is -2.21. The van der Waals surface area contributed by atoms with E-state index in [-0.39, 0.29) is 11.8 Å². The number of non-ortho nitro benzene ring substituents is 1. The topological polar surface area (TPSA) is 79.5 Å². The fraction of sp³-hybridized carbons (Fsp3) is 0.357. The van der Waals surface area contributed by atoms with Gasteiger partial charge in [0, 0.05) is 25.9 Å². The second-order valence-corrected chi connectivity index (χ2v) is 4.82. The van der Waals surface area contributed by atoms with Crippen LogP contribution >= 0.6 is 0 Å². The van der Waals surface area contributed by atoms with E-state index in [4.69, 9.17) is 0 Å². The van der Waals surface area contributed by atoms with Gasteiger partial charge in [-0.25, -0.2) is 0 Å². The number of rotatable bonds is 5. The zero-order valence-corrected chi connectivity index (χ0v) is 11.5. The minimum absolute atomic E-state index is 0.0563. The van der Waals surface area contributed by atoms with Crippen molar-refractivity contribution in [3.8, 4) is 0 Å². The number of aliphatic hydroxyl groups excluding tert-OH is 1. The molecule has 2 rings (SSSR count). The Kier molecular flexibility index (Phi) is 4.14. The number of nitro benzene ring substituents is 1. The van der Waals surface area contributed by atoms with E-state index in [0.717, 1.165) is 5.69 Å². The van der Waals surface area contributed by atoms with Crippen molar-refractivity contribution in [2.45, 2.75) is 19.4 Å². The van der Waals surface area contributed by atoms with Crippen LogP contribution < -0.4 is 4.90 Å². The number of pyridine rings is 1. The van der Waals surface area contributed by atoms with Crippen molar-refractivity contribution >= 4 is 22.3 Å². The highest BCUT2D eigenvalue weighted by molar-refractivity contribution is 5.96. The second kappa shape index (κ2) is 5.83. The third-order valence-corrected chi connectivity index (χ3v) is 3.22. The first kappa shape index (κ1) is 14.2. The molecule has 1 heterocycles. The maximum absolute atomic E-state index is 11.0. The Labute approximate surface area is 116 Å². The summed E-state index contributed by atoms with van der Waals surface area (Å²) in [7, 11) is 1.89. The van der Waals surface area contributed by atoms with Crippen molar-refractivity contribution < 1.29 is 10.0 Å². The summed E-state index contributed by atoms with van der Waals surface area (Å²) in [6.07, 6.45) is 1.87. The number of aromatic nitrogens is 1. The second-order valence-electron chi connectivity index (χ2n) is 4.82. The summed E-state index contributed by atoms with van der Waals surface area (Å²) in [6.45, 7) is 2.39. The van der Waals surface area contributed by atoms with Crippen LogP contribution in [0.4, 0.5) is 11.4 Å². The summed E-state index contributed by atoms with van der Waals surface area (Å²) in [5, 5.41) is 20.9. The molecule has 0 aliphatic carbocycles. The average Bonchev–Trinajstić information content (AvgIpc) is 2.43. The first-order valence-corrected chi connectivity index (χ1v) is 6.42. The van der Waals surface area contributed by atoms with E-state index in [1.54, 1.807) is 31.3 Å². The average molecular weight is 275 g/mol. The number of fused-ring (bicyclic) bond motifs is 1. The molecule has 1 unspecified atom stereocenters. The van der Waals surface area contributed by atoms with Gasteiger partial charge in [0.1, 0.15) is 5.52 Å². The van der Waals surface area contributed by atoms with Gasteiger partial charge < -0.3 is 10.0 Å². The van der Waals surface area contributed by atoms with Crippen LogP contribution in [0.3, 0.4) is 0 Å². The zero-order chi connectivity index (χ0) is 14.7. The summed E-state index contributed by atoms with van der Waals surface area (Å²) < 4.78 is 0. The highest BCUT2D eigenvalue weighted by Gasteiger charge is 2.16. The summed E-state index contributed by atoms with van der Waals surface area (Å²) in [5.41, 5.74) is 1.49. The molecule has 0 amide bonds. The third-order valence-electron chi connectivity index (χ3n) is 3.22. The van der Waals surface area contributed by atoms with Crippen LogP contribution in [-0.2, 0) is 0 Å². The highest BCUT2D eigenvalue weighted by Crippen LogP contribution is 2.31. The number of nitrogens with zero attached hydrogens (tertiary/aromatic N) is 3. The predicted octanol–water partition coefficient (Wildman–Crippen LogP) is 2.35. The molecular weight excluding hydrogens is 258 g/mol. The first-order valence-electron chi connectivity index (χ1n) is 6.42. The van der Waals surface area contributed by atoms with Gasteiger partial charge in [-0.2, -0.15) is 0 Å². The fourth-order valence-corrected chi connectivity index (χ4v) is 2.11. The van der Waals surface area contributed by atoms with Crippen molar-refractivity contribution in [2.24, 2.45) is 0 Å². The van der Waals surface area contributed by atoms with Gasteiger partial charge in [0.2, 0.25) is 0 Å². The standard InChI is InChI=1S/C14H17N3O3/c1-10(18)7-9-16(2)13-6-5-12(17(19)20)11-4-3-8-15-14(11)13/h3-6,8,10,18H,7,9H2,1-2H3. The van der Waals surface area contributed by atoms with Gasteiger partial charge in [-0.05, 0) is 31.5 Å². The van der Waals surface area contributed by atoms with Crippen LogP contribution in [0, 0.1) is 10.1 Å². The Morgan fingerprint density at radius 2 is 2.20 bits per heavy atom. The van der Waals surface area contributed by atoms with Gasteiger partial charge in [0.05, 0.1) is 22.1 Å². The lowest BCUT2D eigenvalue weighted by molar-refractivity contribution is -0.383. The van der Waals surface area contributed by atoms with E-state index >= 15 is 0 Å². The smallest absolute Gasteiger partial charge is 0.278 e. The molecule has 0 saturated carbocycles. The lowest BCUT2D eigenvalue weighted by Crippen LogP contribution is -2.22. The molecule has 0 spiro atoms. The monoisotopic (exact) mass is 275 g/mol. The molecule has 1 atom stereocenters. The maximum Gasteiger partial charge on any atom is 0.278 e. The number of benzene rings is 1. The number of anilines is 1. The molecule has 0 radical (unpaired) electrons. The maximum atomic E-state index is 11.0. The van der Waals surface area contributed by atoms with Crippen LogP contribution in [0.5, 0.6) is 0 Å². The number of aliphatic hydroxyl groups is 1. The molecule has 1 aromatic carbocycles. The van der Waals surface area contributed by atoms with Gasteiger partial charge in [0.15, 0.2) is 0 Å². The van der Waals surface area contributed by atoms with Crippen LogP contribution in [0.15, 0.2) is 30.5 Å². The van der Waals surface area contributed by atoms with Crippen LogP contribution in [0.2, 0.25) is 0 Å². The van der Waals surface area contributed by atoms with Crippen LogP contribution in [-0.4, -0.2) is 34.7 Å². The molecule has 2 aromatic rings. The number of hydrogen-bond acceptors (Lipinski definition) is 5. The lowest BCUT2D eigenvalue weighted by atomic mass is 10.1. The molecule has 20 heavy (non-hydrogen) atoms. The van der Waals surface area contributed by atoms with Gasteiger partial charge in [0.25, 0.3) is 5.69 Å². The molecule has 0 saturated heterocycles. The Bertz CT molecular complexity index is 628. The van der Waals surface area contributed by atoms with Crippen molar-refractivity contribution in [2.75, 3.05) is 18.5 Å². The van der Waals surface area contributed by atoms with E-state index in [9.17, 15) is 15.2 Å². The van der Waals surface area contributed by atoms with E-state index in [1.807, 2.05) is 11.9 Å². The largest absolute Gasteiger partial charge is 0.393 e. The van der Waals surface area contributed by atoms with Gasteiger partial charge in [-0.1, -0.05) is 0 Å². The molecule has 1 aromatic heterocycles. The number of nitro groups is 1. The molecule has 0 fully saturated rings. The molecule has 0 bridgehead atoms. The molecular formula is C14H17N3O3. The van der Waals surface area contributed by atoms with Crippen LogP contribution in [0.1, 0.15) is 13.3 Å². The van der Waals surface area contributed by atoms with Crippen molar-refractivity contribution in [1.29, 1.82) is 0 Å². The normalized spacial score (nSPS) is 12.3. The van der Waals surface area contributed by atoms with E-state index in [0.29, 0.717) is 23.9 Å². The highest BCUT2D eigenvalue weighted by atomic mass is 16.6. The minimum atomic E-state index is -0.399. The molecule has 6 heteroatoms. The van der Waals surface area contributed by atoms with Crippen molar-refractivity contribution in [1.82, 2.24) is 4.98 Å². The van der Waals surface area contributed by atoms with E-state index in [2.05, 4.69) is 4.98 Å². The van der Waals surface area contributed by atoms with E-state index < -0.39 is 4.92 Å². The van der Waals surface area contributed by atoms with Crippen LogP contribution in [0.25, 0.3) is 10.9 Å². The van der Waals surface area contributed by atoms with Gasteiger partial charge >= 0.3 is 0 Å². The van der Waals surface area contributed by atoms with Crippen molar-refractivity contribution in [3.05, 3.63) is 40.6 Å². The van der Waals surface area contributed by atoms with Crippen molar-refractivity contribution in [3.63, 3.8) is 0 Å². The molecule has 0 aliphatic heterocycles. The molecule has 6 nitrogen and oxygen atoms in total. The molecule has 0 aliphatic rings. The predicted molar refractivity (Wildman–Crippen MR) is 78.0 cm³/mol. The summed E-state index contributed by atoms with van der Waals surface area (Å²) in [6, 6.07) is 6.59. The first-order chi connectivity index (χ1) is 9.50. The molecule has 106 valence electrons. The van der Waals surface area contributed by atoms with Gasteiger partial charge in [-0.3, -0.25) is 15.1 Å². The van der Waals surface area contributed by atoms with E-state index in [1.165, 1.54) is 6.07 Å². The molecule has 1 N–H and O–H groups in total. The number of hydrogen-bond donors (Lipinski definition) is 1. The minimum Gasteiger partial charge on any atom is -0.393 e. The Morgan fingerprint density at radius 3 is 2.85 bits per heavy atom. The third kappa shape index (κ3) is 2.85. The Balaban J connectivity index is 2.45. The fourth-order valence-electron chi connectivity index (χ4n) is 2.11. The zero-order valence-electron chi connectivity index (χ0n) is 11.5. The Hall–Kier alpha value is -2.21. The summed E-state index contributed by atoms with van der Waals surface area (Å²) in [4.78, 5) is 16.9. The quantitative estimate of drug-likeness (QED) is 0.669.